The van der Waals surface area contributed by atoms with Crippen molar-refractivity contribution in [3.63, 3.8) is 0 Å². The molecule has 2 heterocycles. The number of rotatable bonds is 7. The van der Waals surface area contributed by atoms with Crippen LogP contribution in [0.25, 0.3) is 0 Å². The van der Waals surface area contributed by atoms with E-state index >= 15 is 0 Å². The summed E-state index contributed by atoms with van der Waals surface area (Å²) in [6.45, 7) is 3.67. The van der Waals surface area contributed by atoms with Crippen molar-refractivity contribution in [2.75, 3.05) is 5.75 Å². The number of carboxylic acid groups (broad SMARTS) is 1. The van der Waals surface area contributed by atoms with Crippen molar-refractivity contribution >= 4 is 23.6 Å². The van der Waals surface area contributed by atoms with Gasteiger partial charge >= 0.3 is 5.97 Å². The first-order valence-electron chi connectivity index (χ1n) is 6.75. The third kappa shape index (κ3) is 5.66. The summed E-state index contributed by atoms with van der Waals surface area (Å²) in [5, 5.41) is 19.3. The van der Waals surface area contributed by atoms with Crippen molar-refractivity contribution in [3.8, 4) is 0 Å². The van der Waals surface area contributed by atoms with Crippen LogP contribution in [-0.4, -0.2) is 47.7 Å². The summed E-state index contributed by atoms with van der Waals surface area (Å²) in [5.41, 5.74) is 2.21. The normalized spacial score (nSPS) is 10.5. The van der Waals surface area contributed by atoms with Crippen LogP contribution in [0.5, 0.6) is 0 Å². The molecule has 9 nitrogen and oxygen atoms in total. The second-order valence-corrected chi connectivity index (χ2v) is 5.74. The number of aliphatic carboxylic acids is 1. The molecule has 0 fully saturated rings. The summed E-state index contributed by atoms with van der Waals surface area (Å²) in [7, 11) is 0. The minimum absolute atomic E-state index is 0.187. The Balaban J connectivity index is 1.78. The molecule has 0 bridgehead atoms. The van der Waals surface area contributed by atoms with Gasteiger partial charge in [0.15, 0.2) is 5.16 Å². The number of thioether (sulfide) groups is 1. The van der Waals surface area contributed by atoms with E-state index in [0.29, 0.717) is 10.9 Å². The molecular weight excluding hydrogens is 320 g/mol. The number of nitrogens with one attached hydrogen (secondary N) is 1. The van der Waals surface area contributed by atoms with Gasteiger partial charge in [-0.2, -0.15) is 0 Å². The molecule has 0 radical (unpaired) electrons. The van der Waals surface area contributed by atoms with Gasteiger partial charge in [-0.25, -0.2) is 14.6 Å². The lowest BCUT2D eigenvalue weighted by Gasteiger charge is -2.04. The van der Waals surface area contributed by atoms with Gasteiger partial charge in [0.2, 0.25) is 5.91 Å². The zero-order chi connectivity index (χ0) is 16.8. The average Bonchev–Trinajstić information content (AvgIpc) is 2.88. The molecule has 1 amide bonds. The number of nitrogens with zero attached hydrogens (tertiary/aromatic N) is 5. The molecule has 0 spiro atoms. The van der Waals surface area contributed by atoms with Gasteiger partial charge in [0.1, 0.15) is 12.2 Å². The molecule has 23 heavy (non-hydrogen) atoms. The van der Waals surface area contributed by atoms with E-state index in [1.165, 1.54) is 22.6 Å². The van der Waals surface area contributed by atoms with Crippen LogP contribution < -0.4 is 5.32 Å². The first kappa shape index (κ1) is 16.9. The van der Waals surface area contributed by atoms with Gasteiger partial charge in [0.25, 0.3) is 0 Å². The second kappa shape index (κ2) is 7.68. The van der Waals surface area contributed by atoms with Gasteiger partial charge in [-0.15, -0.1) is 5.10 Å². The van der Waals surface area contributed by atoms with Crippen molar-refractivity contribution < 1.29 is 14.7 Å². The summed E-state index contributed by atoms with van der Waals surface area (Å²) in [5.74, 6) is -1.01. The van der Waals surface area contributed by atoms with E-state index in [1.54, 1.807) is 0 Å². The Morgan fingerprint density at radius 1 is 1.30 bits per heavy atom. The van der Waals surface area contributed by atoms with E-state index in [0.717, 1.165) is 11.4 Å². The summed E-state index contributed by atoms with van der Waals surface area (Å²) >= 11 is 1.25. The molecule has 0 unspecified atom stereocenters. The molecule has 0 aliphatic heterocycles. The van der Waals surface area contributed by atoms with Crippen LogP contribution in [0.2, 0.25) is 0 Å². The molecule has 0 aromatic carbocycles. The fourth-order valence-electron chi connectivity index (χ4n) is 1.76. The molecule has 0 atom stereocenters. The van der Waals surface area contributed by atoms with Crippen LogP contribution in [0.1, 0.15) is 17.1 Å². The predicted molar refractivity (Wildman–Crippen MR) is 81.7 cm³/mol. The van der Waals surface area contributed by atoms with Gasteiger partial charge in [0, 0.05) is 11.4 Å². The lowest BCUT2D eigenvalue weighted by Crippen LogP contribution is -2.24. The van der Waals surface area contributed by atoms with E-state index in [-0.39, 0.29) is 24.7 Å². The Hall–Kier alpha value is -2.49. The highest BCUT2D eigenvalue weighted by Gasteiger charge is 2.08. The van der Waals surface area contributed by atoms with Crippen molar-refractivity contribution in [1.82, 2.24) is 30.3 Å². The van der Waals surface area contributed by atoms with Crippen molar-refractivity contribution in [3.05, 3.63) is 29.3 Å². The Labute approximate surface area is 136 Å². The average molecular weight is 336 g/mol. The van der Waals surface area contributed by atoms with E-state index in [2.05, 4.69) is 25.6 Å². The molecule has 122 valence electrons. The highest BCUT2D eigenvalue weighted by molar-refractivity contribution is 7.99. The molecule has 2 rings (SSSR count). The molecule has 2 aromatic heterocycles. The first-order valence-corrected chi connectivity index (χ1v) is 7.73. The lowest BCUT2D eigenvalue weighted by molar-refractivity contribution is -0.137. The number of aromatic nitrogens is 5. The van der Waals surface area contributed by atoms with Gasteiger partial charge < -0.3 is 10.4 Å². The number of hydrogen-bond donors (Lipinski definition) is 2. The quantitative estimate of drug-likeness (QED) is 0.542. The fraction of sp³-hybridized carbons (Fsp3) is 0.385. The van der Waals surface area contributed by atoms with E-state index in [4.69, 9.17) is 5.11 Å². The van der Waals surface area contributed by atoms with Gasteiger partial charge in [0.05, 0.1) is 18.5 Å². The minimum atomic E-state index is -1.00. The maximum atomic E-state index is 11.8. The van der Waals surface area contributed by atoms with Crippen molar-refractivity contribution in [1.29, 1.82) is 0 Å². The highest BCUT2D eigenvalue weighted by Crippen LogP contribution is 2.13. The smallest absolute Gasteiger partial charge is 0.325 e. The first-order chi connectivity index (χ1) is 10.9. The third-order valence-electron chi connectivity index (χ3n) is 2.64. The van der Waals surface area contributed by atoms with E-state index in [1.807, 2.05) is 19.9 Å². The van der Waals surface area contributed by atoms with Crippen molar-refractivity contribution in [2.24, 2.45) is 0 Å². The second-order valence-electron chi connectivity index (χ2n) is 4.80. The molecule has 2 N–H and O–H groups in total. The molecule has 0 saturated carbocycles. The highest BCUT2D eigenvalue weighted by atomic mass is 32.2. The zero-order valence-corrected chi connectivity index (χ0v) is 13.5. The molecule has 0 aliphatic carbocycles. The van der Waals surface area contributed by atoms with E-state index < -0.39 is 5.97 Å². The number of hydrogen-bond acceptors (Lipinski definition) is 7. The lowest BCUT2D eigenvalue weighted by atomic mass is 10.4. The largest absolute Gasteiger partial charge is 0.480 e. The SMILES string of the molecule is Cc1cc(C)nc(SCC(=O)NCc2cn(CC(=O)O)nn2)n1. The Kier molecular flexibility index (Phi) is 5.63. The monoisotopic (exact) mass is 336 g/mol. The van der Waals surface area contributed by atoms with Gasteiger partial charge in [-0.3, -0.25) is 9.59 Å². The molecule has 10 heteroatoms. The molecule has 0 saturated heterocycles. The predicted octanol–water partition coefficient (Wildman–Crippen LogP) is 0.178. The Morgan fingerprint density at radius 2 is 2.00 bits per heavy atom. The topological polar surface area (TPSA) is 123 Å². The maximum Gasteiger partial charge on any atom is 0.325 e. The summed E-state index contributed by atoms with van der Waals surface area (Å²) in [4.78, 5) is 30.8. The Bertz CT molecular complexity index is 697. The summed E-state index contributed by atoms with van der Waals surface area (Å²) < 4.78 is 1.20. The molecule has 0 aliphatic rings. The molecule has 2 aromatic rings. The number of amides is 1. The van der Waals surface area contributed by atoms with Crippen LogP contribution in [0.3, 0.4) is 0 Å². The van der Waals surface area contributed by atoms with Crippen molar-refractivity contribution in [2.45, 2.75) is 32.1 Å². The van der Waals surface area contributed by atoms with Crippen LogP contribution in [0, 0.1) is 13.8 Å². The van der Waals surface area contributed by atoms with Crippen LogP contribution >= 0.6 is 11.8 Å². The number of aryl methyl sites for hydroxylation is 2. The standard InChI is InChI=1S/C13H16N6O3S/c1-8-3-9(2)16-13(15-8)23-7-11(20)14-4-10-5-19(18-17-10)6-12(21)22/h3,5H,4,6-7H2,1-2H3,(H,14,20)(H,21,22). The fourth-order valence-corrected chi connectivity index (χ4v) is 2.54. The van der Waals surface area contributed by atoms with Crippen LogP contribution in [0.4, 0.5) is 0 Å². The maximum absolute atomic E-state index is 11.8. The zero-order valence-electron chi connectivity index (χ0n) is 12.7. The van der Waals surface area contributed by atoms with Crippen LogP contribution in [0.15, 0.2) is 17.4 Å². The van der Waals surface area contributed by atoms with Crippen LogP contribution in [-0.2, 0) is 22.7 Å². The van der Waals surface area contributed by atoms with E-state index in [9.17, 15) is 9.59 Å². The number of carbonyl (C=O) groups is 2. The van der Waals surface area contributed by atoms with Gasteiger partial charge in [-0.05, 0) is 19.9 Å². The third-order valence-corrected chi connectivity index (χ3v) is 3.49. The summed E-state index contributed by atoms with van der Waals surface area (Å²) in [6, 6.07) is 1.87. The summed E-state index contributed by atoms with van der Waals surface area (Å²) in [6.07, 6.45) is 1.48. The Morgan fingerprint density at radius 3 is 2.65 bits per heavy atom. The van der Waals surface area contributed by atoms with Gasteiger partial charge in [-0.1, -0.05) is 17.0 Å². The number of carboxylic acids is 1. The minimum Gasteiger partial charge on any atom is -0.480 e. The number of carbonyl (C=O) groups excluding carboxylic acids is 1. The molecular formula is C13H16N6O3S.